The Balaban J connectivity index is 2.07. The van der Waals surface area contributed by atoms with Crippen molar-refractivity contribution in [2.75, 3.05) is 25.1 Å². The van der Waals surface area contributed by atoms with Gasteiger partial charge in [0.2, 0.25) is 0 Å². The molecule has 23 heavy (non-hydrogen) atoms. The lowest BCUT2D eigenvalue weighted by atomic mass is 9.86. The molecule has 0 unspecified atom stereocenters. The Kier molecular flexibility index (Phi) is 3.13. The maximum absolute atomic E-state index is 12.7. The molecule has 1 aliphatic rings. The maximum atomic E-state index is 12.7. The molecule has 3 aromatic rings. The van der Waals surface area contributed by atoms with Crippen molar-refractivity contribution in [3.63, 3.8) is 0 Å². The molecule has 4 nitrogen and oxygen atoms in total. The van der Waals surface area contributed by atoms with Gasteiger partial charge in [-0.2, -0.15) is 0 Å². The number of likely N-dealkylation sites (N-methyl/N-ethyl adjacent to an activating group) is 1. The first-order chi connectivity index (χ1) is 11.2. The van der Waals surface area contributed by atoms with E-state index in [4.69, 9.17) is 4.98 Å². The molecule has 0 fully saturated rings. The van der Waals surface area contributed by atoms with Crippen LogP contribution in [0.1, 0.15) is 15.9 Å². The topological polar surface area (TPSA) is 53.4 Å². The van der Waals surface area contributed by atoms with Crippen LogP contribution in [0.4, 0.5) is 5.82 Å². The van der Waals surface area contributed by atoms with Gasteiger partial charge in [0.15, 0.2) is 5.78 Å². The Morgan fingerprint density at radius 3 is 2.57 bits per heavy atom. The number of aliphatic hydroxyl groups excluding tert-OH is 1. The highest BCUT2D eigenvalue weighted by atomic mass is 16.3. The molecule has 2 aromatic carbocycles. The van der Waals surface area contributed by atoms with Crippen LogP contribution in [0.15, 0.2) is 48.5 Å². The number of ketones is 1. The lowest BCUT2D eigenvalue weighted by Gasteiger charge is -2.23. The second kappa shape index (κ2) is 5.18. The number of rotatable bonds is 3. The molecule has 0 saturated heterocycles. The van der Waals surface area contributed by atoms with Gasteiger partial charge in [0.05, 0.1) is 12.3 Å². The van der Waals surface area contributed by atoms with Gasteiger partial charge in [-0.05, 0) is 11.5 Å². The molecule has 1 aromatic heterocycles. The summed E-state index contributed by atoms with van der Waals surface area (Å²) in [5.41, 5.74) is 3.12. The van der Waals surface area contributed by atoms with Crippen LogP contribution in [-0.4, -0.2) is 36.1 Å². The van der Waals surface area contributed by atoms with Gasteiger partial charge in [-0.15, -0.1) is 0 Å². The average molecular weight is 304 g/mol. The minimum absolute atomic E-state index is 0.0527. The zero-order chi connectivity index (χ0) is 16.0. The van der Waals surface area contributed by atoms with Gasteiger partial charge < -0.3 is 10.0 Å². The van der Waals surface area contributed by atoms with E-state index in [0.29, 0.717) is 17.7 Å². The molecular weight excluding hydrogens is 288 g/mol. The van der Waals surface area contributed by atoms with E-state index in [1.165, 1.54) is 0 Å². The molecule has 1 aliphatic carbocycles. The van der Waals surface area contributed by atoms with Crippen LogP contribution in [0.2, 0.25) is 0 Å². The summed E-state index contributed by atoms with van der Waals surface area (Å²) in [6, 6.07) is 15.3. The Morgan fingerprint density at radius 2 is 1.78 bits per heavy atom. The number of hydrogen-bond donors (Lipinski definition) is 1. The van der Waals surface area contributed by atoms with Crippen LogP contribution < -0.4 is 4.90 Å². The summed E-state index contributed by atoms with van der Waals surface area (Å²) < 4.78 is 0. The Morgan fingerprint density at radius 1 is 1.04 bits per heavy atom. The molecule has 1 heterocycles. The molecule has 1 N–H and O–H groups in total. The third-order valence-electron chi connectivity index (χ3n) is 4.34. The molecule has 0 radical (unpaired) electrons. The maximum Gasteiger partial charge on any atom is 0.194 e. The third kappa shape index (κ3) is 2.03. The number of aliphatic hydroxyl groups is 1. The normalized spacial score (nSPS) is 12.3. The van der Waals surface area contributed by atoms with Crippen molar-refractivity contribution >= 4 is 22.4 Å². The smallest absolute Gasteiger partial charge is 0.194 e. The minimum Gasteiger partial charge on any atom is -0.395 e. The number of hydrogen-bond acceptors (Lipinski definition) is 4. The van der Waals surface area contributed by atoms with Crippen molar-refractivity contribution < 1.29 is 9.90 Å². The van der Waals surface area contributed by atoms with E-state index >= 15 is 0 Å². The average Bonchev–Trinajstić information content (AvgIpc) is 2.59. The lowest BCUT2D eigenvalue weighted by Crippen LogP contribution is -2.23. The van der Waals surface area contributed by atoms with Gasteiger partial charge >= 0.3 is 0 Å². The molecule has 0 spiro atoms. The van der Waals surface area contributed by atoms with E-state index in [0.717, 1.165) is 27.8 Å². The van der Waals surface area contributed by atoms with Crippen molar-refractivity contribution in [3.8, 4) is 11.3 Å². The number of benzene rings is 2. The first-order valence-electron chi connectivity index (χ1n) is 7.60. The van der Waals surface area contributed by atoms with E-state index in [1.807, 2.05) is 60.5 Å². The third-order valence-corrected chi connectivity index (χ3v) is 4.34. The van der Waals surface area contributed by atoms with Gasteiger partial charge in [0, 0.05) is 35.7 Å². The number of nitrogens with zero attached hydrogens (tertiary/aromatic N) is 2. The number of fused-ring (bicyclic) bond motifs is 2. The predicted octanol–water partition coefficient (Wildman–Crippen LogP) is 2.87. The molecule has 4 rings (SSSR count). The zero-order valence-electron chi connectivity index (χ0n) is 12.8. The summed E-state index contributed by atoms with van der Waals surface area (Å²) in [6.45, 7) is 0.582. The highest BCUT2D eigenvalue weighted by molar-refractivity contribution is 6.25. The Hall–Kier alpha value is -2.72. The van der Waals surface area contributed by atoms with Crippen molar-refractivity contribution in [2.45, 2.75) is 0 Å². The van der Waals surface area contributed by atoms with E-state index in [-0.39, 0.29) is 12.4 Å². The van der Waals surface area contributed by atoms with Gasteiger partial charge in [0.1, 0.15) is 5.82 Å². The second-order valence-corrected chi connectivity index (χ2v) is 5.75. The molecule has 114 valence electrons. The van der Waals surface area contributed by atoms with Crippen LogP contribution in [0.25, 0.3) is 22.0 Å². The molecule has 0 bridgehead atoms. The standard InChI is InChI=1S/C19H16N2O2/c1-21(9-10-22)16-11-12-5-4-8-15-17(12)18(20-16)13-6-2-3-7-14(13)19(15)23/h2-8,11,22H,9-10H2,1H3. The highest BCUT2D eigenvalue weighted by Crippen LogP contribution is 2.39. The first kappa shape index (κ1) is 13.9. The van der Waals surface area contributed by atoms with E-state index in [2.05, 4.69) is 0 Å². The monoisotopic (exact) mass is 304 g/mol. The van der Waals surface area contributed by atoms with Crippen LogP contribution in [0.3, 0.4) is 0 Å². The van der Waals surface area contributed by atoms with Gasteiger partial charge in [-0.25, -0.2) is 4.98 Å². The van der Waals surface area contributed by atoms with Gasteiger partial charge in [-0.3, -0.25) is 4.79 Å². The summed E-state index contributed by atoms with van der Waals surface area (Å²) in [4.78, 5) is 19.5. The number of carbonyl (C=O) groups excluding carboxylic acids is 1. The molecular formula is C19H16N2O2. The second-order valence-electron chi connectivity index (χ2n) is 5.75. The Labute approximate surface area is 134 Å². The van der Waals surface area contributed by atoms with Crippen LogP contribution >= 0.6 is 0 Å². The van der Waals surface area contributed by atoms with Gasteiger partial charge in [0.25, 0.3) is 0 Å². The van der Waals surface area contributed by atoms with Gasteiger partial charge in [-0.1, -0.05) is 42.5 Å². The molecule has 4 heteroatoms. The fraction of sp³-hybridized carbons (Fsp3) is 0.158. The SMILES string of the molecule is CN(CCO)c1cc2cccc3c2c(n1)-c1ccccc1C3=O. The fourth-order valence-electron chi connectivity index (χ4n) is 3.17. The molecule has 0 saturated carbocycles. The predicted molar refractivity (Wildman–Crippen MR) is 91.0 cm³/mol. The Bertz CT molecular complexity index is 934. The van der Waals surface area contributed by atoms with Crippen LogP contribution in [-0.2, 0) is 0 Å². The van der Waals surface area contributed by atoms with E-state index in [9.17, 15) is 9.90 Å². The van der Waals surface area contributed by atoms with Crippen molar-refractivity contribution in [2.24, 2.45) is 0 Å². The van der Waals surface area contributed by atoms with Crippen LogP contribution in [0.5, 0.6) is 0 Å². The highest BCUT2D eigenvalue weighted by Gasteiger charge is 2.26. The van der Waals surface area contributed by atoms with E-state index < -0.39 is 0 Å². The summed E-state index contributed by atoms with van der Waals surface area (Å²) in [7, 11) is 1.90. The largest absolute Gasteiger partial charge is 0.395 e. The van der Waals surface area contributed by atoms with Crippen molar-refractivity contribution in [1.29, 1.82) is 0 Å². The lowest BCUT2D eigenvalue weighted by molar-refractivity contribution is 0.104. The summed E-state index contributed by atoms with van der Waals surface area (Å²) in [5.74, 6) is 0.847. The zero-order valence-corrected chi connectivity index (χ0v) is 12.8. The van der Waals surface area contributed by atoms with Crippen molar-refractivity contribution in [1.82, 2.24) is 4.98 Å². The summed E-state index contributed by atoms with van der Waals surface area (Å²) in [5, 5.41) is 11.1. The quantitative estimate of drug-likeness (QED) is 0.632. The summed E-state index contributed by atoms with van der Waals surface area (Å²) >= 11 is 0. The number of pyridine rings is 1. The molecule has 0 aliphatic heterocycles. The van der Waals surface area contributed by atoms with Crippen LogP contribution in [0, 0.1) is 0 Å². The molecule has 0 atom stereocenters. The van der Waals surface area contributed by atoms with E-state index in [1.54, 1.807) is 0 Å². The van der Waals surface area contributed by atoms with Crippen molar-refractivity contribution in [3.05, 3.63) is 59.7 Å². The molecule has 0 amide bonds. The minimum atomic E-state index is 0.0527. The number of aromatic nitrogens is 1. The number of carbonyl (C=O) groups is 1. The summed E-state index contributed by atoms with van der Waals surface area (Å²) in [6.07, 6.45) is 0. The fourth-order valence-corrected chi connectivity index (χ4v) is 3.17. The number of anilines is 1. The first-order valence-corrected chi connectivity index (χ1v) is 7.60.